The molecule has 7 aromatic rings. The van der Waals surface area contributed by atoms with Crippen molar-refractivity contribution in [2.75, 3.05) is 0 Å². The highest BCUT2D eigenvalue weighted by molar-refractivity contribution is 6.19. The van der Waals surface area contributed by atoms with Crippen LogP contribution in [0.25, 0.3) is 60.9 Å². The quantitative estimate of drug-likeness (QED) is 0.222. The summed E-state index contributed by atoms with van der Waals surface area (Å²) in [4.78, 5) is 0. The number of fused-ring (bicyclic) bond motifs is 3. The molecule has 0 bridgehead atoms. The smallest absolute Gasteiger partial charge is 0.183 e. The van der Waals surface area contributed by atoms with Crippen molar-refractivity contribution < 1.29 is 10.2 Å². The Labute approximate surface area is 239 Å². The molecular weight excluding hydrogens is 502 g/mol. The standard InChI is InChI=1S/C38H29NO2/c1-24-13-9-10-18-31(24)34-25(2)37(40)38(41)36-35(34)32-19-11-12-20-33(32)39(36)30-22-28(26-14-5-3-6-15-26)21-29(23-30)27-16-7-4-8-17-27/h3-23,40-41H,1-2H3. The van der Waals surface area contributed by atoms with E-state index >= 15 is 0 Å². The molecule has 2 N–H and O–H groups in total. The molecule has 0 fully saturated rings. The molecule has 198 valence electrons. The summed E-state index contributed by atoms with van der Waals surface area (Å²) in [5, 5.41) is 24.9. The molecular formula is C38H29NO2. The van der Waals surface area contributed by atoms with Gasteiger partial charge in [0.1, 0.15) is 5.52 Å². The molecule has 3 nitrogen and oxygen atoms in total. The van der Waals surface area contributed by atoms with E-state index in [9.17, 15) is 10.2 Å². The monoisotopic (exact) mass is 531 g/mol. The Morgan fingerprint density at radius 1 is 0.537 bits per heavy atom. The van der Waals surface area contributed by atoms with E-state index < -0.39 is 0 Å². The van der Waals surface area contributed by atoms with Crippen LogP contribution in [0.15, 0.2) is 127 Å². The van der Waals surface area contributed by atoms with E-state index in [1.807, 2.05) is 67.6 Å². The topological polar surface area (TPSA) is 45.4 Å². The van der Waals surface area contributed by atoms with E-state index in [1.165, 1.54) is 0 Å². The van der Waals surface area contributed by atoms with Gasteiger partial charge in [0, 0.05) is 22.0 Å². The average Bonchev–Trinajstić information content (AvgIpc) is 3.37. The molecule has 0 atom stereocenters. The number of benzene rings is 6. The molecule has 6 aromatic carbocycles. The van der Waals surface area contributed by atoms with Gasteiger partial charge < -0.3 is 14.8 Å². The number of hydrogen-bond acceptors (Lipinski definition) is 2. The molecule has 1 aromatic heterocycles. The van der Waals surface area contributed by atoms with Crippen LogP contribution in [0, 0.1) is 13.8 Å². The highest BCUT2D eigenvalue weighted by atomic mass is 16.3. The fraction of sp³-hybridized carbons (Fsp3) is 0.0526. The summed E-state index contributed by atoms with van der Waals surface area (Å²) in [5.41, 5.74) is 10.6. The van der Waals surface area contributed by atoms with Crippen molar-refractivity contribution >= 4 is 21.8 Å². The number of para-hydroxylation sites is 1. The lowest BCUT2D eigenvalue weighted by Crippen LogP contribution is -1.97. The first-order chi connectivity index (χ1) is 20.0. The third-order valence-electron chi connectivity index (χ3n) is 8.11. The van der Waals surface area contributed by atoms with Crippen LogP contribution >= 0.6 is 0 Å². The van der Waals surface area contributed by atoms with E-state index in [-0.39, 0.29) is 11.5 Å². The molecule has 0 aliphatic rings. The van der Waals surface area contributed by atoms with Crippen molar-refractivity contribution in [2.24, 2.45) is 0 Å². The van der Waals surface area contributed by atoms with E-state index in [2.05, 4.69) is 78.2 Å². The highest BCUT2D eigenvalue weighted by Crippen LogP contribution is 2.50. The minimum atomic E-state index is -0.114. The zero-order valence-electron chi connectivity index (χ0n) is 23.0. The first-order valence-electron chi connectivity index (χ1n) is 13.8. The van der Waals surface area contributed by atoms with Gasteiger partial charge in [0.25, 0.3) is 0 Å². The largest absolute Gasteiger partial charge is 0.504 e. The maximum absolute atomic E-state index is 11.6. The van der Waals surface area contributed by atoms with E-state index in [0.717, 1.165) is 60.9 Å². The fourth-order valence-corrected chi connectivity index (χ4v) is 6.11. The van der Waals surface area contributed by atoms with E-state index in [0.29, 0.717) is 11.1 Å². The van der Waals surface area contributed by atoms with Gasteiger partial charge >= 0.3 is 0 Å². The number of rotatable bonds is 4. The third-order valence-corrected chi connectivity index (χ3v) is 8.11. The predicted octanol–water partition coefficient (Wildman–Crippen LogP) is 9.81. The fourth-order valence-electron chi connectivity index (χ4n) is 6.11. The second-order valence-corrected chi connectivity index (χ2v) is 10.6. The molecule has 0 spiro atoms. The Morgan fingerprint density at radius 3 is 1.73 bits per heavy atom. The van der Waals surface area contributed by atoms with Crippen molar-refractivity contribution in [2.45, 2.75) is 13.8 Å². The number of phenolic OH excluding ortho intramolecular Hbond substituents is 2. The molecule has 0 unspecified atom stereocenters. The van der Waals surface area contributed by atoms with E-state index in [1.54, 1.807) is 0 Å². The van der Waals surface area contributed by atoms with Crippen LogP contribution in [-0.4, -0.2) is 14.8 Å². The number of aromatic nitrogens is 1. The number of hydrogen-bond donors (Lipinski definition) is 2. The molecule has 0 radical (unpaired) electrons. The molecule has 0 saturated carbocycles. The second kappa shape index (κ2) is 9.72. The molecule has 3 heteroatoms. The summed E-state index contributed by atoms with van der Waals surface area (Å²) >= 11 is 0. The van der Waals surface area contributed by atoms with Crippen molar-refractivity contribution in [3.63, 3.8) is 0 Å². The van der Waals surface area contributed by atoms with Crippen LogP contribution in [0.1, 0.15) is 11.1 Å². The normalized spacial score (nSPS) is 11.4. The van der Waals surface area contributed by atoms with Crippen molar-refractivity contribution in [3.05, 3.63) is 139 Å². The van der Waals surface area contributed by atoms with Crippen LogP contribution in [0.2, 0.25) is 0 Å². The maximum Gasteiger partial charge on any atom is 0.183 e. The van der Waals surface area contributed by atoms with Gasteiger partial charge in [0.15, 0.2) is 11.5 Å². The third kappa shape index (κ3) is 3.97. The number of aromatic hydroxyl groups is 2. The van der Waals surface area contributed by atoms with Gasteiger partial charge in [-0.25, -0.2) is 0 Å². The molecule has 0 aliphatic heterocycles. The van der Waals surface area contributed by atoms with Crippen LogP contribution < -0.4 is 0 Å². The highest BCUT2D eigenvalue weighted by Gasteiger charge is 2.25. The summed E-state index contributed by atoms with van der Waals surface area (Å²) in [6, 6.07) is 43.7. The summed E-state index contributed by atoms with van der Waals surface area (Å²) in [6.07, 6.45) is 0. The van der Waals surface area contributed by atoms with Crippen LogP contribution in [0.5, 0.6) is 11.5 Å². The molecule has 0 saturated heterocycles. The number of aryl methyl sites for hydroxylation is 1. The van der Waals surface area contributed by atoms with Gasteiger partial charge in [-0.1, -0.05) is 103 Å². The summed E-state index contributed by atoms with van der Waals surface area (Å²) in [5.74, 6) is -0.209. The van der Waals surface area contributed by atoms with E-state index in [4.69, 9.17) is 0 Å². The summed E-state index contributed by atoms with van der Waals surface area (Å²) in [7, 11) is 0. The lowest BCUT2D eigenvalue weighted by atomic mass is 9.91. The Kier molecular flexibility index (Phi) is 5.87. The molecule has 7 rings (SSSR count). The first-order valence-corrected chi connectivity index (χ1v) is 13.8. The SMILES string of the molecule is Cc1ccccc1-c1c(C)c(O)c(O)c2c1c1ccccc1n2-c1cc(-c2ccccc2)cc(-c2ccccc2)c1. The van der Waals surface area contributed by atoms with Gasteiger partial charge in [-0.05, 0) is 77.1 Å². The lowest BCUT2D eigenvalue weighted by Gasteiger charge is -2.17. The number of nitrogens with zero attached hydrogens (tertiary/aromatic N) is 1. The molecule has 41 heavy (non-hydrogen) atoms. The van der Waals surface area contributed by atoms with Crippen molar-refractivity contribution in [3.8, 4) is 50.6 Å². The van der Waals surface area contributed by atoms with Gasteiger partial charge in [-0.2, -0.15) is 0 Å². The lowest BCUT2D eigenvalue weighted by molar-refractivity contribution is 0.404. The Morgan fingerprint density at radius 2 is 1.10 bits per heavy atom. The molecule has 0 amide bonds. The predicted molar refractivity (Wildman–Crippen MR) is 170 cm³/mol. The van der Waals surface area contributed by atoms with Gasteiger partial charge in [0.05, 0.1) is 5.52 Å². The Balaban J connectivity index is 1.64. The van der Waals surface area contributed by atoms with Crippen LogP contribution in [0.4, 0.5) is 0 Å². The van der Waals surface area contributed by atoms with Gasteiger partial charge in [-0.3, -0.25) is 0 Å². The minimum Gasteiger partial charge on any atom is -0.504 e. The summed E-state index contributed by atoms with van der Waals surface area (Å²) < 4.78 is 2.10. The summed E-state index contributed by atoms with van der Waals surface area (Å²) in [6.45, 7) is 3.96. The number of phenols is 2. The van der Waals surface area contributed by atoms with Gasteiger partial charge in [-0.15, -0.1) is 0 Å². The van der Waals surface area contributed by atoms with Crippen molar-refractivity contribution in [1.82, 2.24) is 4.57 Å². The Hall–Kier alpha value is -5.28. The molecule has 0 aliphatic carbocycles. The van der Waals surface area contributed by atoms with Crippen LogP contribution in [0.3, 0.4) is 0 Å². The minimum absolute atomic E-state index is 0.0951. The molecule has 1 heterocycles. The average molecular weight is 532 g/mol. The Bertz CT molecular complexity index is 2010. The maximum atomic E-state index is 11.6. The zero-order chi connectivity index (χ0) is 28.1. The van der Waals surface area contributed by atoms with Crippen molar-refractivity contribution in [1.29, 1.82) is 0 Å². The zero-order valence-corrected chi connectivity index (χ0v) is 23.0. The van der Waals surface area contributed by atoms with Crippen LogP contribution in [-0.2, 0) is 0 Å². The first kappa shape index (κ1) is 24.7. The second-order valence-electron chi connectivity index (χ2n) is 10.6. The van der Waals surface area contributed by atoms with Gasteiger partial charge in [0.2, 0.25) is 0 Å².